The van der Waals surface area contributed by atoms with Crippen LogP contribution in [0.3, 0.4) is 0 Å². The first kappa shape index (κ1) is 18.9. The van der Waals surface area contributed by atoms with Gasteiger partial charge < -0.3 is 15.2 Å². The molecule has 2 N–H and O–H groups in total. The largest absolute Gasteiger partial charge is 0.348 e. The van der Waals surface area contributed by atoms with Gasteiger partial charge >= 0.3 is 0 Å². The van der Waals surface area contributed by atoms with Crippen molar-refractivity contribution in [3.8, 4) is 0 Å². The van der Waals surface area contributed by atoms with Crippen molar-refractivity contribution in [3.63, 3.8) is 0 Å². The predicted octanol–water partition coefficient (Wildman–Crippen LogP) is 1.56. The number of carbonyl (C=O) groups excluding carboxylic acids is 1. The molecule has 0 fully saturated rings. The average Bonchev–Trinajstić information content (AvgIpc) is 3.03. The summed E-state index contributed by atoms with van der Waals surface area (Å²) in [6.45, 7) is 2.31. The highest BCUT2D eigenvalue weighted by atomic mass is 16.2. The molecule has 1 heterocycles. The van der Waals surface area contributed by atoms with Crippen LogP contribution in [0.1, 0.15) is 29.2 Å². The van der Waals surface area contributed by atoms with Crippen molar-refractivity contribution >= 4 is 22.8 Å². The summed E-state index contributed by atoms with van der Waals surface area (Å²) in [6.07, 6.45) is 5.85. The number of nitrogens with one attached hydrogen (secondary N) is 2. The van der Waals surface area contributed by atoms with E-state index in [2.05, 4.69) is 40.3 Å². The number of aromatic nitrogens is 1. The third-order valence-corrected chi connectivity index (χ3v) is 5.80. The van der Waals surface area contributed by atoms with E-state index in [1.165, 1.54) is 11.1 Å². The summed E-state index contributed by atoms with van der Waals surface area (Å²) in [5.74, 6) is 0.224. The lowest BCUT2D eigenvalue weighted by atomic mass is 9.86. The van der Waals surface area contributed by atoms with Crippen molar-refractivity contribution in [3.05, 3.63) is 51.4 Å². The Morgan fingerprint density at radius 1 is 1.25 bits per heavy atom. The van der Waals surface area contributed by atoms with E-state index in [9.17, 15) is 9.59 Å². The minimum atomic E-state index is -0.0447. The number of hydrogen-bond donors (Lipinski definition) is 2. The van der Waals surface area contributed by atoms with Crippen molar-refractivity contribution in [2.45, 2.75) is 24.8 Å². The zero-order valence-electron chi connectivity index (χ0n) is 16.8. The maximum absolute atomic E-state index is 12.6. The molecule has 1 aromatic heterocycles. The van der Waals surface area contributed by atoms with Crippen molar-refractivity contribution in [2.24, 2.45) is 0 Å². The van der Waals surface area contributed by atoms with Crippen LogP contribution in [-0.4, -0.2) is 67.5 Å². The Balaban J connectivity index is 1.47. The van der Waals surface area contributed by atoms with E-state index in [1.807, 2.05) is 31.3 Å². The van der Waals surface area contributed by atoms with Crippen LogP contribution in [0.15, 0.2) is 29.1 Å². The molecule has 0 saturated carbocycles. The van der Waals surface area contributed by atoms with E-state index in [0.717, 1.165) is 42.4 Å². The average molecular weight is 380 g/mol. The van der Waals surface area contributed by atoms with Crippen molar-refractivity contribution in [1.82, 2.24) is 20.1 Å². The Morgan fingerprint density at radius 3 is 2.86 bits per heavy atom. The summed E-state index contributed by atoms with van der Waals surface area (Å²) < 4.78 is 0. The zero-order chi connectivity index (χ0) is 19.8. The number of pyridine rings is 1. The maximum atomic E-state index is 12.6. The molecule has 2 aliphatic carbocycles. The topological polar surface area (TPSA) is 68.4 Å². The first-order valence-electron chi connectivity index (χ1n) is 9.92. The molecule has 0 spiro atoms. The van der Waals surface area contributed by atoms with Crippen LogP contribution in [0.2, 0.25) is 0 Å². The van der Waals surface area contributed by atoms with Gasteiger partial charge in [-0.2, -0.15) is 0 Å². The Bertz CT molecular complexity index is 992. The predicted molar refractivity (Wildman–Crippen MR) is 113 cm³/mol. The molecule has 148 valence electrons. The Hall–Kier alpha value is -2.44. The van der Waals surface area contributed by atoms with Crippen LogP contribution in [0.25, 0.3) is 16.8 Å². The summed E-state index contributed by atoms with van der Waals surface area (Å²) in [6, 6.07) is 5.88. The Morgan fingerprint density at radius 2 is 2.07 bits per heavy atom. The number of carbonyl (C=O) groups is 1. The molecule has 2 aromatic rings. The molecule has 0 aliphatic heterocycles. The fourth-order valence-corrected chi connectivity index (χ4v) is 4.53. The monoisotopic (exact) mass is 380 g/mol. The molecule has 2 aliphatic rings. The summed E-state index contributed by atoms with van der Waals surface area (Å²) in [5, 5.41) is 5.03. The van der Waals surface area contributed by atoms with Crippen LogP contribution < -0.4 is 10.9 Å². The quantitative estimate of drug-likeness (QED) is 0.765. The van der Waals surface area contributed by atoms with Crippen LogP contribution in [0.5, 0.6) is 0 Å². The first-order valence-corrected chi connectivity index (χ1v) is 9.92. The molecule has 1 amide bonds. The van der Waals surface area contributed by atoms with E-state index < -0.39 is 0 Å². The van der Waals surface area contributed by atoms with Gasteiger partial charge in [-0.1, -0.05) is 18.2 Å². The molecular weight excluding hydrogens is 352 g/mol. The van der Waals surface area contributed by atoms with Crippen LogP contribution in [0, 0.1) is 0 Å². The van der Waals surface area contributed by atoms with Gasteiger partial charge in [0.15, 0.2) is 0 Å². The van der Waals surface area contributed by atoms with E-state index in [-0.39, 0.29) is 23.4 Å². The fraction of sp³-hybridized carbons (Fsp3) is 0.455. The second-order valence-electron chi connectivity index (χ2n) is 8.28. The van der Waals surface area contributed by atoms with E-state index >= 15 is 0 Å². The lowest BCUT2D eigenvalue weighted by Gasteiger charge is -2.28. The molecule has 2 unspecified atom stereocenters. The molecule has 2 atom stereocenters. The lowest BCUT2D eigenvalue weighted by Crippen LogP contribution is -2.44. The third kappa shape index (κ3) is 3.50. The highest BCUT2D eigenvalue weighted by molar-refractivity contribution is 5.94. The highest BCUT2D eigenvalue weighted by Crippen LogP contribution is 2.43. The molecule has 28 heavy (non-hydrogen) atoms. The normalized spacial score (nSPS) is 19.8. The molecule has 6 heteroatoms. The van der Waals surface area contributed by atoms with Crippen molar-refractivity contribution in [1.29, 1.82) is 0 Å². The van der Waals surface area contributed by atoms with Gasteiger partial charge in [0, 0.05) is 17.0 Å². The van der Waals surface area contributed by atoms with Gasteiger partial charge in [-0.15, -0.1) is 0 Å². The van der Waals surface area contributed by atoms with Crippen LogP contribution >= 0.6 is 0 Å². The summed E-state index contributed by atoms with van der Waals surface area (Å²) >= 11 is 0. The molecule has 0 bridgehead atoms. The zero-order valence-corrected chi connectivity index (χ0v) is 16.8. The maximum Gasteiger partial charge on any atom is 0.256 e. The number of nitrogens with zero attached hydrogens (tertiary/aromatic N) is 2. The summed E-state index contributed by atoms with van der Waals surface area (Å²) in [4.78, 5) is 32.2. The number of hydrogen-bond acceptors (Lipinski definition) is 4. The number of benzene rings is 1. The molecule has 6 nitrogen and oxygen atoms in total. The van der Waals surface area contributed by atoms with Gasteiger partial charge in [0.2, 0.25) is 5.91 Å². The number of rotatable bonds is 7. The summed E-state index contributed by atoms with van der Waals surface area (Å²) in [7, 11) is 6.11. The van der Waals surface area contributed by atoms with Gasteiger partial charge in [-0.25, -0.2) is 0 Å². The minimum Gasteiger partial charge on any atom is -0.348 e. The first-order chi connectivity index (χ1) is 13.4. The summed E-state index contributed by atoms with van der Waals surface area (Å²) in [5.41, 5.74) is 3.23. The van der Waals surface area contributed by atoms with Crippen LogP contribution in [-0.2, 0) is 11.2 Å². The standard InChI is InChI=1S/C22H28N4O2/c1-25(2)10-5-11-26(3)13-19(27)23-17-8-9-18-21-16(17)12-14-6-4-7-15(20(14)21)22(28)24-18/h4,6-9,16-17H,5,10-13H2,1-3H3,(H,23,27)(H,24,28). The SMILES string of the molecule is CN(C)CCCN(C)CC(=O)NC1C=Cc2[nH]c(=O)c3cccc4c3c2C1C4. The molecule has 0 saturated heterocycles. The lowest BCUT2D eigenvalue weighted by molar-refractivity contribution is -0.122. The Kier molecular flexibility index (Phi) is 5.08. The number of likely N-dealkylation sites (N-methyl/N-ethyl adjacent to an activating group) is 1. The van der Waals surface area contributed by atoms with E-state index in [1.54, 1.807) is 0 Å². The molecule has 1 aromatic carbocycles. The molecular formula is C22H28N4O2. The second kappa shape index (κ2) is 7.53. The highest BCUT2D eigenvalue weighted by Gasteiger charge is 2.35. The van der Waals surface area contributed by atoms with Crippen molar-refractivity contribution in [2.75, 3.05) is 40.8 Å². The van der Waals surface area contributed by atoms with Gasteiger partial charge in [0.25, 0.3) is 5.56 Å². The number of H-pyrrole nitrogens is 1. The smallest absolute Gasteiger partial charge is 0.256 e. The van der Waals surface area contributed by atoms with Crippen molar-refractivity contribution < 1.29 is 4.79 Å². The van der Waals surface area contributed by atoms with Gasteiger partial charge in [0.1, 0.15) is 0 Å². The number of aromatic amines is 1. The van der Waals surface area contributed by atoms with E-state index in [0.29, 0.717) is 6.54 Å². The Labute approximate surface area is 165 Å². The second-order valence-corrected chi connectivity index (χ2v) is 8.28. The molecule has 0 radical (unpaired) electrons. The van der Waals surface area contributed by atoms with Crippen LogP contribution in [0.4, 0.5) is 0 Å². The van der Waals surface area contributed by atoms with E-state index in [4.69, 9.17) is 0 Å². The van der Waals surface area contributed by atoms with Gasteiger partial charge in [0.05, 0.1) is 12.6 Å². The minimum absolute atomic E-state index is 0.0391. The van der Waals surface area contributed by atoms with Gasteiger partial charge in [-0.05, 0) is 75.7 Å². The van der Waals surface area contributed by atoms with Gasteiger partial charge in [-0.3, -0.25) is 14.5 Å². The molecule has 4 rings (SSSR count). The third-order valence-electron chi connectivity index (χ3n) is 5.80. The fourth-order valence-electron chi connectivity index (χ4n) is 4.53. The number of amides is 1.